The summed E-state index contributed by atoms with van der Waals surface area (Å²) in [6.45, 7) is 5.35. The van der Waals surface area contributed by atoms with E-state index >= 15 is 0 Å². The summed E-state index contributed by atoms with van der Waals surface area (Å²) in [6, 6.07) is 7.75. The topological polar surface area (TPSA) is 73.2 Å². The number of rotatable bonds is 6. The zero-order valence-electron chi connectivity index (χ0n) is 16.4. The standard InChI is InChI=1S/C21H23N3O3S2/c1-13-5-6-15(10-14(13)2)24-20(26)19-17(7-9-28-19)23-21(24)29-12-18(25)22-11-16-4-3-8-27-16/h5-7,9-10,16H,3-4,8,11-12H2,1-2H3,(H,22,25)/t16-/m1/s1. The average Bonchev–Trinajstić information content (AvgIpc) is 3.39. The van der Waals surface area contributed by atoms with E-state index in [1.54, 1.807) is 4.57 Å². The third-order valence-corrected chi connectivity index (χ3v) is 6.91. The van der Waals surface area contributed by atoms with Gasteiger partial charge in [0.15, 0.2) is 5.16 Å². The van der Waals surface area contributed by atoms with Crippen molar-refractivity contribution in [1.29, 1.82) is 0 Å². The lowest BCUT2D eigenvalue weighted by Crippen LogP contribution is -2.33. The number of hydrogen-bond acceptors (Lipinski definition) is 6. The van der Waals surface area contributed by atoms with Gasteiger partial charge in [0.25, 0.3) is 5.56 Å². The number of aryl methyl sites for hydroxylation is 2. The monoisotopic (exact) mass is 429 g/mol. The van der Waals surface area contributed by atoms with Crippen LogP contribution in [0.5, 0.6) is 0 Å². The number of benzene rings is 1. The van der Waals surface area contributed by atoms with Gasteiger partial charge < -0.3 is 10.1 Å². The fraction of sp³-hybridized carbons (Fsp3) is 0.381. The number of hydrogen-bond donors (Lipinski definition) is 1. The van der Waals surface area contributed by atoms with E-state index in [4.69, 9.17) is 4.74 Å². The van der Waals surface area contributed by atoms with Gasteiger partial charge in [-0.25, -0.2) is 4.98 Å². The first kappa shape index (κ1) is 20.1. The number of carbonyl (C=O) groups is 1. The zero-order chi connectivity index (χ0) is 20.4. The number of fused-ring (bicyclic) bond motifs is 1. The van der Waals surface area contributed by atoms with E-state index in [1.807, 2.05) is 43.5 Å². The molecule has 1 amide bonds. The average molecular weight is 430 g/mol. The summed E-state index contributed by atoms with van der Waals surface area (Å²) in [4.78, 5) is 30.1. The Balaban J connectivity index is 1.59. The summed E-state index contributed by atoms with van der Waals surface area (Å²) in [6.07, 6.45) is 2.14. The molecule has 1 saturated heterocycles. The van der Waals surface area contributed by atoms with Crippen LogP contribution < -0.4 is 10.9 Å². The number of thioether (sulfide) groups is 1. The predicted octanol–water partition coefficient (Wildman–Crippen LogP) is 3.45. The molecule has 0 bridgehead atoms. The second-order valence-electron chi connectivity index (χ2n) is 7.17. The van der Waals surface area contributed by atoms with Crippen LogP contribution in [-0.4, -0.2) is 40.5 Å². The number of thiophene rings is 1. The minimum Gasteiger partial charge on any atom is -0.376 e. The van der Waals surface area contributed by atoms with Crippen molar-refractivity contribution in [2.75, 3.05) is 18.9 Å². The fourth-order valence-electron chi connectivity index (χ4n) is 3.30. The van der Waals surface area contributed by atoms with E-state index in [0.717, 1.165) is 36.3 Å². The van der Waals surface area contributed by atoms with Gasteiger partial charge in [-0.3, -0.25) is 14.2 Å². The van der Waals surface area contributed by atoms with E-state index in [1.165, 1.54) is 23.1 Å². The predicted molar refractivity (Wildman–Crippen MR) is 117 cm³/mol. The molecule has 0 radical (unpaired) electrons. The van der Waals surface area contributed by atoms with Crippen molar-refractivity contribution in [3.8, 4) is 5.69 Å². The molecule has 1 aromatic carbocycles. The minimum absolute atomic E-state index is 0.0863. The second-order valence-corrected chi connectivity index (χ2v) is 9.02. The van der Waals surface area contributed by atoms with E-state index in [0.29, 0.717) is 21.9 Å². The molecule has 0 unspecified atom stereocenters. The summed E-state index contributed by atoms with van der Waals surface area (Å²) in [5.74, 6) is 0.108. The first-order valence-electron chi connectivity index (χ1n) is 9.62. The summed E-state index contributed by atoms with van der Waals surface area (Å²) in [5, 5.41) is 5.31. The van der Waals surface area contributed by atoms with Crippen LogP contribution in [0, 0.1) is 13.8 Å². The van der Waals surface area contributed by atoms with Crippen LogP contribution in [0.25, 0.3) is 15.9 Å². The number of carbonyl (C=O) groups excluding carboxylic acids is 1. The van der Waals surface area contributed by atoms with Gasteiger partial charge in [-0.05, 0) is 61.4 Å². The van der Waals surface area contributed by atoms with E-state index in [9.17, 15) is 9.59 Å². The molecule has 1 aliphatic heterocycles. The molecule has 8 heteroatoms. The number of aromatic nitrogens is 2. The quantitative estimate of drug-likeness (QED) is 0.480. The molecule has 0 spiro atoms. The maximum Gasteiger partial charge on any atom is 0.276 e. The van der Waals surface area contributed by atoms with Crippen LogP contribution in [0.3, 0.4) is 0 Å². The van der Waals surface area contributed by atoms with Crippen molar-refractivity contribution in [1.82, 2.24) is 14.9 Å². The molecule has 1 atom stereocenters. The zero-order valence-corrected chi connectivity index (χ0v) is 18.1. The molecule has 3 aromatic rings. The highest BCUT2D eigenvalue weighted by molar-refractivity contribution is 7.99. The van der Waals surface area contributed by atoms with E-state index in [-0.39, 0.29) is 23.3 Å². The lowest BCUT2D eigenvalue weighted by atomic mass is 10.1. The van der Waals surface area contributed by atoms with Gasteiger partial charge in [0.1, 0.15) is 4.70 Å². The van der Waals surface area contributed by atoms with Crippen molar-refractivity contribution < 1.29 is 9.53 Å². The number of nitrogens with zero attached hydrogens (tertiary/aromatic N) is 2. The molecule has 1 aliphatic rings. The van der Waals surface area contributed by atoms with Gasteiger partial charge in [-0.2, -0.15) is 0 Å². The van der Waals surface area contributed by atoms with Crippen molar-refractivity contribution in [2.45, 2.75) is 37.9 Å². The van der Waals surface area contributed by atoms with Crippen molar-refractivity contribution >= 4 is 39.2 Å². The Hall–Kier alpha value is -2.16. The second kappa shape index (κ2) is 8.69. The van der Waals surface area contributed by atoms with Crippen molar-refractivity contribution in [3.05, 3.63) is 51.1 Å². The molecule has 0 saturated carbocycles. The SMILES string of the molecule is Cc1ccc(-n2c(SCC(=O)NC[C@H]3CCCO3)nc3ccsc3c2=O)cc1C. The van der Waals surface area contributed by atoms with Gasteiger partial charge in [0, 0.05) is 13.2 Å². The molecular weight excluding hydrogens is 406 g/mol. The highest BCUT2D eigenvalue weighted by Gasteiger charge is 2.18. The Kier molecular flexibility index (Phi) is 6.03. The highest BCUT2D eigenvalue weighted by atomic mass is 32.2. The summed E-state index contributed by atoms with van der Waals surface area (Å²) >= 11 is 2.67. The third-order valence-electron chi connectivity index (χ3n) is 5.08. The molecule has 0 aliphatic carbocycles. The summed E-state index contributed by atoms with van der Waals surface area (Å²) in [7, 11) is 0. The molecule has 29 heavy (non-hydrogen) atoms. The van der Waals surface area contributed by atoms with Crippen LogP contribution >= 0.6 is 23.1 Å². The maximum absolute atomic E-state index is 13.2. The van der Waals surface area contributed by atoms with E-state index < -0.39 is 0 Å². The Morgan fingerprint density at radius 1 is 1.34 bits per heavy atom. The van der Waals surface area contributed by atoms with E-state index in [2.05, 4.69) is 10.3 Å². The Labute approximate surface area is 177 Å². The molecule has 1 fully saturated rings. The Morgan fingerprint density at radius 2 is 2.21 bits per heavy atom. The van der Waals surface area contributed by atoms with Crippen LogP contribution in [0.2, 0.25) is 0 Å². The van der Waals surface area contributed by atoms with Gasteiger partial charge in [-0.1, -0.05) is 17.8 Å². The van der Waals surface area contributed by atoms with Gasteiger partial charge in [0.05, 0.1) is 23.1 Å². The fourth-order valence-corrected chi connectivity index (χ4v) is 4.90. The minimum atomic E-state index is -0.101. The molecular formula is C21H23N3O3S2. The van der Waals surface area contributed by atoms with Crippen molar-refractivity contribution in [3.63, 3.8) is 0 Å². The van der Waals surface area contributed by atoms with Crippen molar-refractivity contribution in [2.24, 2.45) is 0 Å². The lowest BCUT2D eigenvalue weighted by molar-refractivity contribution is -0.119. The van der Waals surface area contributed by atoms with Gasteiger partial charge in [0.2, 0.25) is 5.91 Å². The molecule has 152 valence electrons. The van der Waals surface area contributed by atoms with Gasteiger partial charge in [-0.15, -0.1) is 11.3 Å². The van der Waals surface area contributed by atoms with Crippen LogP contribution in [0.1, 0.15) is 24.0 Å². The lowest BCUT2D eigenvalue weighted by Gasteiger charge is -2.14. The Morgan fingerprint density at radius 3 is 2.97 bits per heavy atom. The molecule has 4 rings (SSSR count). The molecule has 3 heterocycles. The van der Waals surface area contributed by atoms with Crippen LogP contribution in [0.15, 0.2) is 39.6 Å². The smallest absolute Gasteiger partial charge is 0.276 e. The highest BCUT2D eigenvalue weighted by Crippen LogP contribution is 2.24. The first-order valence-corrected chi connectivity index (χ1v) is 11.5. The van der Waals surface area contributed by atoms with Gasteiger partial charge >= 0.3 is 0 Å². The number of nitrogens with one attached hydrogen (secondary N) is 1. The molecule has 2 aromatic heterocycles. The number of amides is 1. The number of ether oxygens (including phenoxy) is 1. The molecule has 1 N–H and O–H groups in total. The maximum atomic E-state index is 13.2. The molecule has 6 nitrogen and oxygen atoms in total. The summed E-state index contributed by atoms with van der Waals surface area (Å²) in [5.41, 5.74) is 3.60. The summed E-state index contributed by atoms with van der Waals surface area (Å²) < 4.78 is 7.78. The first-order chi connectivity index (χ1) is 14.0. The van der Waals surface area contributed by atoms with Crippen LogP contribution in [0.4, 0.5) is 0 Å². The largest absolute Gasteiger partial charge is 0.376 e. The van der Waals surface area contributed by atoms with Crippen LogP contribution in [-0.2, 0) is 9.53 Å². The Bertz CT molecular complexity index is 1100. The third kappa shape index (κ3) is 4.39. The normalized spacial score (nSPS) is 16.4.